The standard InChI is InChI=1S/C11H14N2O/c14-11(9-3-6-12-7-4-9)10-2-1-5-13-8-10/h3-4,6-7,10,13H,1-2,5,8H2. The maximum Gasteiger partial charge on any atom is 0.167 e. The van der Waals surface area contributed by atoms with E-state index in [1.807, 2.05) is 0 Å². The Morgan fingerprint density at radius 1 is 1.43 bits per heavy atom. The Morgan fingerprint density at radius 2 is 2.21 bits per heavy atom. The van der Waals surface area contributed by atoms with Crippen LogP contribution in [-0.4, -0.2) is 23.9 Å². The summed E-state index contributed by atoms with van der Waals surface area (Å²) >= 11 is 0. The lowest BCUT2D eigenvalue weighted by molar-refractivity contribution is 0.0899. The maximum atomic E-state index is 11.9. The van der Waals surface area contributed by atoms with E-state index >= 15 is 0 Å². The maximum absolute atomic E-state index is 11.9. The molecule has 1 saturated heterocycles. The van der Waals surface area contributed by atoms with Crippen LogP contribution in [0.5, 0.6) is 0 Å². The highest BCUT2D eigenvalue weighted by Crippen LogP contribution is 2.15. The molecular formula is C11H14N2O. The molecule has 0 aliphatic carbocycles. The number of hydrogen-bond donors (Lipinski definition) is 1. The van der Waals surface area contributed by atoms with Gasteiger partial charge in [-0.2, -0.15) is 0 Å². The van der Waals surface area contributed by atoms with Gasteiger partial charge in [0.25, 0.3) is 0 Å². The molecule has 0 bridgehead atoms. The second kappa shape index (κ2) is 4.33. The molecule has 3 heteroatoms. The van der Waals surface area contributed by atoms with Crippen molar-refractivity contribution >= 4 is 5.78 Å². The Hall–Kier alpha value is -1.22. The monoisotopic (exact) mass is 190 g/mol. The van der Waals surface area contributed by atoms with Crippen LogP contribution in [0.1, 0.15) is 23.2 Å². The van der Waals surface area contributed by atoms with Crippen LogP contribution in [0.25, 0.3) is 0 Å². The van der Waals surface area contributed by atoms with E-state index in [2.05, 4.69) is 10.3 Å². The fourth-order valence-corrected chi connectivity index (χ4v) is 1.83. The van der Waals surface area contributed by atoms with Crippen molar-refractivity contribution in [2.75, 3.05) is 13.1 Å². The zero-order valence-electron chi connectivity index (χ0n) is 8.07. The zero-order valence-corrected chi connectivity index (χ0v) is 8.07. The minimum absolute atomic E-state index is 0.158. The predicted molar refractivity (Wildman–Crippen MR) is 54.2 cm³/mol. The third-order valence-corrected chi connectivity index (χ3v) is 2.63. The molecule has 74 valence electrons. The molecule has 2 heterocycles. The van der Waals surface area contributed by atoms with Gasteiger partial charge in [-0.05, 0) is 31.5 Å². The van der Waals surface area contributed by atoms with Gasteiger partial charge in [-0.15, -0.1) is 0 Å². The quantitative estimate of drug-likeness (QED) is 0.714. The summed E-state index contributed by atoms with van der Waals surface area (Å²) in [6.07, 6.45) is 5.45. The van der Waals surface area contributed by atoms with Crippen molar-refractivity contribution < 1.29 is 4.79 Å². The van der Waals surface area contributed by atoms with Crippen molar-refractivity contribution in [3.8, 4) is 0 Å². The molecular weight excluding hydrogens is 176 g/mol. The first kappa shape index (κ1) is 9.34. The molecule has 1 aliphatic heterocycles. The van der Waals surface area contributed by atoms with E-state index in [0.717, 1.165) is 31.5 Å². The SMILES string of the molecule is O=C(c1ccncc1)C1CCCNC1. The summed E-state index contributed by atoms with van der Waals surface area (Å²) in [5.74, 6) is 0.408. The number of carbonyl (C=O) groups is 1. The lowest BCUT2D eigenvalue weighted by Crippen LogP contribution is -2.34. The number of ketones is 1. The molecule has 1 aromatic heterocycles. The molecule has 0 saturated carbocycles. The topological polar surface area (TPSA) is 42.0 Å². The second-order valence-corrected chi connectivity index (χ2v) is 3.64. The normalized spacial score (nSPS) is 21.9. The van der Waals surface area contributed by atoms with E-state index in [1.165, 1.54) is 0 Å². The van der Waals surface area contributed by atoms with Crippen molar-refractivity contribution in [1.29, 1.82) is 0 Å². The van der Waals surface area contributed by atoms with E-state index in [9.17, 15) is 4.79 Å². The molecule has 3 nitrogen and oxygen atoms in total. The highest BCUT2D eigenvalue weighted by atomic mass is 16.1. The van der Waals surface area contributed by atoms with Gasteiger partial charge in [0.05, 0.1) is 0 Å². The molecule has 1 aliphatic rings. The molecule has 1 fully saturated rings. The summed E-state index contributed by atoms with van der Waals surface area (Å²) in [4.78, 5) is 15.8. The highest BCUT2D eigenvalue weighted by Gasteiger charge is 2.21. The lowest BCUT2D eigenvalue weighted by atomic mass is 9.91. The number of rotatable bonds is 2. The zero-order chi connectivity index (χ0) is 9.80. The molecule has 0 spiro atoms. The highest BCUT2D eigenvalue weighted by molar-refractivity contribution is 5.97. The number of hydrogen-bond acceptors (Lipinski definition) is 3. The van der Waals surface area contributed by atoms with E-state index < -0.39 is 0 Å². The van der Waals surface area contributed by atoms with Crippen LogP contribution >= 0.6 is 0 Å². The Morgan fingerprint density at radius 3 is 2.86 bits per heavy atom. The fraction of sp³-hybridized carbons (Fsp3) is 0.455. The molecule has 1 atom stereocenters. The summed E-state index contributed by atoms with van der Waals surface area (Å²) in [5, 5.41) is 3.25. The molecule has 0 aromatic carbocycles. The number of pyridine rings is 1. The number of aromatic nitrogens is 1. The molecule has 1 N–H and O–H groups in total. The fourth-order valence-electron chi connectivity index (χ4n) is 1.83. The molecule has 0 amide bonds. The number of piperidine rings is 1. The Balaban J connectivity index is 2.07. The van der Waals surface area contributed by atoms with Gasteiger partial charge in [-0.3, -0.25) is 9.78 Å². The van der Waals surface area contributed by atoms with Gasteiger partial charge in [0.1, 0.15) is 0 Å². The Bertz CT molecular complexity index is 304. The molecule has 1 unspecified atom stereocenters. The molecule has 14 heavy (non-hydrogen) atoms. The summed E-state index contributed by atoms with van der Waals surface area (Å²) in [6, 6.07) is 3.58. The first-order chi connectivity index (χ1) is 6.88. The number of Topliss-reactive ketones (excluding diaryl/α,β-unsaturated/α-hetero) is 1. The first-order valence-corrected chi connectivity index (χ1v) is 5.03. The van der Waals surface area contributed by atoms with Crippen LogP contribution < -0.4 is 5.32 Å². The molecule has 2 rings (SSSR count). The van der Waals surface area contributed by atoms with E-state index in [4.69, 9.17) is 0 Å². The smallest absolute Gasteiger partial charge is 0.167 e. The predicted octanol–water partition coefficient (Wildman–Crippen LogP) is 1.26. The minimum Gasteiger partial charge on any atom is -0.316 e. The van der Waals surface area contributed by atoms with Gasteiger partial charge < -0.3 is 5.32 Å². The first-order valence-electron chi connectivity index (χ1n) is 5.03. The van der Waals surface area contributed by atoms with E-state index in [1.54, 1.807) is 24.5 Å². The summed E-state index contributed by atoms with van der Waals surface area (Å²) in [5.41, 5.74) is 0.786. The average Bonchev–Trinajstić information content (AvgIpc) is 2.30. The largest absolute Gasteiger partial charge is 0.316 e. The van der Waals surface area contributed by atoms with Crippen LogP contribution in [0.15, 0.2) is 24.5 Å². The third-order valence-electron chi connectivity index (χ3n) is 2.63. The van der Waals surface area contributed by atoms with E-state index in [0.29, 0.717) is 0 Å². The minimum atomic E-state index is 0.158. The van der Waals surface area contributed by atoms with Gasteiger partial charge in [0.15, 0.2) is 5.78 Å². The number of nitrogens with one attached hydrogen (secondary N) is 1. The summed E-state index contributed by atoms with van der Waals surface area (Å²) in [7, 11) is 0. The number of nitrogens with zero attached hydrogens (tertiary/aromatic N) is 1. The summed E-state index contributed by atoms with van der Waals surface area (Å²) < 4.78 is 0. The van der Waals surface area contributed by atoms with Crippen LogP contribution in [0.2, 0.25) is 0 Å². The van der Waals surface area contributed by atoms with Gasteiger partial charge in [-0.25, -0.2) is 0 Å². The van der Waals surface area contributed by atoms with Crippen LogP contribution in [0.3, 0.4) is 0 Å². The van der Waals surface area contributed by atoms with Crippen molar-refractivity contribution in [2.45, 2.75) is 12.8 Å². The Kier molecular flexibility index (Phi) is 2.89. The van der Waals surface area contributed by atoms with Crippen LogP contribution in [0, 0.1) is 5.92 Å². The van der Waals surface area contributed by atoms with Gasteiger partial charge in [-0.1, -0.05) is 0 Å². The van der Waals surface area contributed by atoms with Crippen LogP contribution in [0.4, 0.5) is 0 Å². The number of carbonyl (C=O) groups excluding carboxylic acids is 1. The van der Waals surface area contributed by atoms with Crippen molar-refractivity contribution in [1.82, 2.24) is 10.3 Å². The lowest BCUT2D eigenvalue weighted by Gasteiger charge is -2.21. The third kappa shape index (κ3) is 1.99. The molecule has 1 aromatic rings. The summed E-state index contributed by atoms with van der Waals surface area (Å²) in [6.45, 7) is 1.86. The van der Waals surface area contributed by atoms with Crippen molar-refractivity contribution in [3.63, 3.8) is 0 Å². The van der Waals surface area contributed by atoms with Crippen molar-refractivity contribution in [2.24, 2.45) is 5.92 Å². The Labute approximate surface area is 83.5 Å². The molecule has 0 radical (unpaired) electrons. The van der Waals surface area contributed by atoms with Gasteiger partial charge >= 0.3 is 0 Å². The van der Waals surface area contributed by atoms with Crippen LogP contribution in [-0.2, 0) is 0 Å². The van der Waals surface area contributed by atoms with Gasteiger partial charge in [0, 0.05) is 30.4 Å². The van der Waals surface area contributed by atoms with E-state index in [-0.39, 0.29) is 11.7 Å². The van der Waals surface area contributed by atoms with Gasteiger partial charge in [0.2, 0.25) is 0 Å². The van der Waals surface area contributed by atoms with Crippen molar-refractivity contribution in [3.05, 3.63) is 30.1 Å². The second-order valence-electron chi connectivity index (χ2n) is 3.64. The average molecular weight is 190 g/mol.